The molecule has 3 nitrogen and oxygen atoms in total. The van der Waals surface area contributed by atoms with Gasteiger partial charge < -0.3 is 5.11 Å². The van der Waals surface area contributed by atoms with Crippen molar-refractivity contribution in [2.45, 2.75) is 32.6 Å². The van der Waals surface area contributed by atoms with E-state index in [0.29, 0.717) is 6.42 Å². The van der Waals surface area contributed by atoms with E-state index in [9.17, 15) is 9.90 Å². The summed E-state index contributed by atoms with van der Waals surface area (Å²) in [5, 5.41) is 9.37. The third kappa shape index (κ3) is 3.05. The first-order valence-electron chi connectivity index (χ1n) is 6.88. The fourth-order valence-corrected chi connectivity index (χ4v) is 2.38. The van der Waals surface area contributed by atoms with E-state index >= 15 is 0 Å². The number of benzene rings is 1. The number of carboxylic acid groups (broad SMARTS) is 1. The molecule has 0 aliphatic carbocycles. The summed E-state index contributed by atoms with van der Waals surface area (Å²) in [5.41, 5.74) is 3.84. The summed E-state index contributed by atoms with van der Waals surface area (Å²) in [7, 11) is 0. The van der Waals surface area contributed by atoms with Gasteiger partial charge >= 0.3 is 5.97 Å². The number of aryl methyl sites for hydroxylation is 1. The lowest BCUT2D eigenvalue weighted by atomic mass is 9.91. The van der Waals surface area contributed by atoms with E-state index in [-0.39, 0.29) is 0 Å². The number of aromatic nitrogens is 1. The highest BCUT2D eigenvalue weighted by Gasteiger charge is 2.19. The van der Waals surface area contributed by atoms with E-state index in [2.05, 4.69) is 4.98 Å². The first-order chi connectivity index (χ1) is 9.63. The van der Waals surface area contributed by atoms with Crippen molar-refractivity contribution >= 4 is 5.97 Å². The molecule has 1 unspecified atom stereocenters. The maximum absolute atomic E-state index is 11.4. The van der Waals surface area contributed by atoms with Crippen LogP contribution >= 0.6 is 0 Å². The van der Waals surface area contributed by atoms with Gasteiger partial charge in [0.1, 0.15) is 0 Å². The molecular weight excluding hydrogens is 250 g/mol. The molecule has 0 aliphatic rings. The predicted octanol–water partition coefficient (Wildman–Crippen LogP) is 4.03. The number of hydrogen-bond acceptors (Lipinski definition) is 2. The van der Waals surface area contributed by atoms with Gasteiger partial charge in [-0.3, -0.25) is 9.78 Å². The number of carbonyl (C=O) groups is 1. The number of carboxylic acids is 1. The Hall–Kier alpha value is -2.16. The van der Waals surface area contributed by atoms with Gasteiger partial charge in [0.05, 0.1) is 11.6 Å². The highest BCUT2D eigenvalue weighted by atomic mass is 16.4. The van der Waals surface area contributed by atoms with Crippen molar-refractivity contribution in [1.82, 2.24) is 4.98 Å². The third-order valence-electron chi connectivity index (χ3n) is 3.48. The SMILES string of the molecule is CCCC(C(=O)O)c1ccc(C)c(-c2ccccn2)c1. The van der Waals surface area contributed by atoms with Crippen molar-refractivity contribution in [3.8, 4) is 11.3 Å². The van der Waals surface area contributed by atoms with Gasteiger partial charge in [0.25, 0.3) is 0 Å². The topological polar surface area (TPSA) is 50.2 Å². The fourth-order valence-electron chi connectivity index (χ4n) is 2.38. The molecule has 0 bridgehead atoms. The van der Waals surface area contributed by atoms with E-state index in [1.807, 2.05) is 50.2 Å². The van der Waals surface area contributed by atoms with Crippen LogP contribution in [-0.4, -0.2) is 16.1 Å². The van der Waals surface area contributed by atoms with E-state index in [1.54, 1.807) is 6.20 Å². The second-order valence-corrected chi connectivity index (χ2v) is 4.97. The zero-order chi connectivity index (χ0) is 14.5. The minimum Gasteiger partial charge on any atom is -0.481 e. The average molecular weight is 269 g/mol. The van der Waals surface area contributed by atoms with E-state index in [4.69, 9.17) is 0 Å². The van der Waals surface area contributed by atoms with Crippen LogP contribution in [0.25, 0.3) is 11.3 Å². The Morgan fingerprint density at radius 2 is 2.10 bits per heavy atom. The van der Waals surface area contributed by atoms with Gasteiger partial charge in [-0.25, -0.2) is 0 Å². The van der Waals surface area contributed by atoms with Crippen molar-refractivity contribution in [2.24, 2.45) is 0 Å². The maximum atomic E-state index is 11.4. The summed E-state index contributed by atoms with van der Waals surface area (Å²) < 4.78 is 0. The molecule has 20 heavy (non-hydrogen) atoms. The standard InChI is InChI=1S/C17H19NO2/c1-3-6-14(17(19)20)13-9-8-12(2)15(11-13)16-7-4-5-10-18-16/h4-5,7-11,14H,3,6H2,1-2H3,(H,19,20). The van der Waals surface area contributed by atoms with Crippen molar-refractivity contribution in [3.05, 3.63) is 53.7 Å². The van der Waals surface area contributed by atoms with Gasteiger partial charge in [0.2, 0.25) is 0 Å². The average Bonchev–Trinajstić information content (AvgIpc) is 2.46. The zero-order valence-corrected chi connectivity index (χ0v) is 11.8. The number of aliphatic carboxylic acids is 1. The fraction of sp³-hybridized carbons (Fsp3) is 0.294. The molecule has 2 aromatic rings. The molecule has 1 atom stereocenters. The molecule has 0 spiro atoms. The van der Waals surface area contributed by atoms with E-state index in [0.717, 1.165) is 28.8 Å². The molecule has 2 rings (SSSR count). The molecule has 3 heteroatoms. The Kier molecular flexibility index (Phi) is 4.51. The smallest absolute Gasteiger partial charge is 0.310 e. The van der Waals surface area contributed by atoms with E-state index in [1.165, 1.54) is 0 Å². The maximum Gasteiger partial charge on any atom is 0.310 e. The van der Waals surface area contributed by atoms with Crippen LogP contribution in [0.3, 0.4) is 0 Å². The van der Waals surface area contributed by atoms with Crippen LogP contribution in [-0.2, 0) is 4.79 Å². The molecule has 1 aromatic heterocycles. The second-order valence-electron chi connectivity index (χ2n) is 4.97. The molecule has 1 aromatic carbocycles. The van der Waals surface area contributed by atoms with Gasteiger partial charge in [-0.15, -0.1) is 0 Å². The van der Waals surface area contributed by atoms with Crippen molar-refractivity contribution in [1.29, 1.82) is 0 Å². The molecule has 0 saturated heterocycles. The molecule has 0 saturated carbocycles. The predicted molar refractivity (Wildman–Crippen MR) is 79.7 cm³/mol. The quantitative estimate of drug-likeness (QED) is 0.891. The van der Waals surface area contributed by atoms with E-state index < -0.39 is 11.9 Å². The van der Waals surface area contributed by atoms with Crippen LogP contribution in [0, 0.1) is 6.92 Å². The van der Waals surface area contributed by atoms with Crippen molar-refractivity contribution in [3.63, 3.8) is 0 Å². The summed E-state index contributed by atoms with van der Waals surface area (Å²) in [6, 6.07) is 11.6. The van der Waals surface area contributed by atoms with Gasteiger partial charge in [-0.1, -0.05) is 31.5 Å². The van der Waals surface area contributed by atoms with Gasteiger partial charge in [-0.2, -0.15) is 0 Å². The Labute approximate surface area is 119 Å². The summed E-state index contributed by atoms with van der Waals surface area (Å²) in [6.07, 6.45) is 3.26. The lowest BCUT2D eigenvalue weighted by Crippen LogP contribution is -2.11. The number of hydrogen-bond donors (Lipinski definition) is 1. The Morgan fingerprint density at radius 3 is 2.70 bits per heavy atom. The first kappa shape index (κ1) is 14.3. The monoisotopic (exact) mass is 269 g/mol. The zero-order valence-electron chi connectivity index (χ0n) is 11.8. The lowest BCUT2D eigenvalue weighted by molar-refractivity contribution is -0.139. The number of rotatable bonds is 5. The molecule has 0 amide bonds. The molecular formula is C17H19NO2. The van der Waals surface area contributed by atoms with Crippen molar-refractivity contribution < 1.29 is 9.90 Å². The van der Waals surface area contributed by atoms with Crippen LogP contribution in [0.15, 0.2) is 42.6 Å². The summed E-state index contributed by atoms with van der Waals surface area (Å²) in [5.74, 6) is -1.20. The van der Waals surface area contributed by atoms with Crippen LogP contribution in [0.2, 0.25) is 0 Å². The molecule has 1 N–H and O–H groups in total. The van der Waals surface area contributed by atoms with Gasteiger partial charge in [0, 0.05) is 11.8 Å². The minimum atomic E-state index is -0.761. The van der Waals surface area contributed by atoms with Crippen LogP contribution < -0.4 is 0 Å². The Bertz CT molecular complexity index is 593. The minimum absolute atomic E-state index is 0.442. The Balaban J connectivity index is 2.45. The summed E-state index contributed by atoms with van der Waals surface area (Å²) >= 11 is 0. The summed E-state index contributed by atoms with van der Waals surface area (Å²) in [4.78, 5) is 15.8. The molecule has 104 valence electrons. The van der Waals surface area contributed by atoms with Crippen LogP contribution in [0.5, 0.6) is 0 Å². The van der Waals surface area contributed by atoms with Crippen LogP contribution in [0.1, 0.15) is 36.8 Å². The number of pyridine rings is 1. The third-order valence-corrected chi connectivity index (χ3v) is 3.48. The first-order valence-corrected chi connectivity index (χ1v) is 6.88. The van der Waals surface area contributed by atoms with Gasteiger partial charge in [0.15, 0.2) is 0 Å². The highest BCUT2D eigenvalue weighted by molar-refractivity contribution is 5.77. The molecule has 0 fully saturated rings. The number of nitrogens with zero attached hydrogens (tertiary/aromatic N) is 1. The highest BCUT2D eigenvalue weighted by Crippen LogP contribution is 2.28. The lowest BCUT2D eigenvalue weighted by Gasteiger charge is -2.14. The molecule has 1 heterocycles. The molecule has 0 radical (unpaired) electrons. The second kappa shape index (κ2) is 6.33. The largest absolute Gasteiger partial charge is 0.481 e. The summed E-state index contributed by atoms with van der Waals surface area (Å²) in [6.45, 7) is 4.02. The van der Waals surface area contributed by atoms with Crippen LogP contribution in [0.4, 0.5) is 0 Å². The normalized spacial score (nSPS) is 12.1. The van der Waals surface area contributed by atoms with Crippen molar-refractivity contribution in [2.75, 3.05) is 0 Å². The molecule has 0 aliphatic heterocycles. The Morgan fingerprint density at radius 1 is 1.30 bits per heavy atom. The van der Waals surface area contributed by atoms with Gasteiger partial charge in [-0.05, 0) is 42.7 Å².